The van der Waals surface area contributed by atoms with Crippen molar-refractivity contribution in [3.63, 3.8) is 0 Å². The molecule has 0 aromatic heterocycles. The van der Waals surface area contributed by atoms with E-state index in [4.69, 9.17) is 5.11 Å². The fourth-order valence-electron chi connectivity index (χ4n) is 1.22. The molecule has 0 bridgehead atoms. The number of rotatable bonds is 3. The zero-order valence-corrected chi connectivity index (χ0v) is 8.78. The molecule has 4 nitrogen and oxygen atoms in total. The average Bonchev–Trinajstić information content (AvgIpc) is 2.26. The normalized spacial score (nSPS) is 11.9. The molecule has 0 fully saturated rings. The number of halogens is 3. The van der Waals surface area contributed by atoms with E-state index in [9.17, 15) is 23.3 Å². The smallest absolute Gasteiger partial charge is 0.395 e. The highest BCUT2D eigenvalue weighted by Crippen LogP contribution is 2.34. The minimum Gasteiger partial charge on any atom is -0.395 e. The standard InChI is InChI=1S/C10H9F3NO3/c1-6(5-15)7-2-8(10(11,12)13)4-9(3-7)14(16)17/h2-4,15H,5H2,1H3. The number of benzene rings is 1. The summed E-state index contributed by atoms with van der Waals surface area (Å²) in [6, 6.07) is 2.24. The molecule has 0 atom stereocenters. The monoisotopic (exact) mass is 248 g/mol. The molecule has 0 saturated heterocycles. The molecular weight excluding hydrogens is 239 g/mol. The van der Waals surface area contributed by atoms with Gasteiger partial charge in [-0.25, -0.2) is 0 Å². The molecule has 0 aliphatic rings. The van der Waals surface area contributed by atoms with Crippen LogP contribution in [-0.2, 0) is 6.18 Å². The second-order valence-corrected chi connectivity index (χ2v) is 3.46. The Bertz CT molecular complexity index is 431. The van der Waals surface area contributed by atoms with Gasteiger partial charge in [0.25, 0.3) is 5.69 Å². The molecule has 0 unspecified atom stereocenters. The summed E-state index contributed by atoms with van der Waals surface area (Å²) >= 11 is 0. The van der Waals surface area contributed by atoms with E-state index >= 15 is 0 Å². The fraction of sp³-hybridized carbons (Fsp3) is 0.300. The maximum Gasteiger partial charge on any atom is 0.416 e. The molecule has 1 N–H and O–H groups in total. The molecule has 1 radical (unpaired) electrons. The van der Waals surface area contributed by atoms with E-state index < -0.39 is 29.0 Å². The van der Waals surface area contributed by atoms with Crippen LogP contribution < -0.4 is 0 Å². The summed E-state index contributed by atoms with van der Waals surface area (Å²) in [4.78, 5) is 9.61. The summed E-state index contributed by atoms with van der Waals surface area (Å²) in [6.45, 7) is 0.942. The Kier molecular flexibility index (Phi) is 3.72. The van der Waals surface area contributed by atoms with Crippen LogP contribution in [0.1, 0.15) is 18.1 Å². The minimum absolute atomic E-state index is 0.00836. The third kappa shape index (κ3) is 3.16. The van der Waals surface area contributed by atoms with Crippen LogP contribution in [-0.4, -0.2) is 16.6 Å². The van der Waals surface area contributed by atoms with Crippen LogP contribution in [0.3, 0.4) is 0 Å². The summed E-state index contributed by atoms with van der Waals surface area (Å²) in [7, 11) is 0. The van der Waals surface area contributed by atoms with Crippen LogP contribution >= 0.6 is 0 Å². The van der Waals surface area contributed by atoms with Crippen LogP contribution in [0.25, 0.3) is 0 Å². The number of non-ortho nitro benzene ring substituents is 1. The first-order chi connectivity index (χ1) is 7.75. The second kappa shape index (κ2) is 4.70. The molecule has 17 heavy (non-hydrogen) atoms. The van der Waals surface area contributed by atoms with Gasteiger partial charge in [-0.3, -0.25) is 10.1 Å². The van der Waals surface area contributed by atoms with Gasteiger partial charge in [0.1, 0.15) is 0 Å². The van der Waals surface area contributed by atoms with E-state index in [0.29, 0.717) is 6.07 Å². The largest absolute Gasteiger partial charge is 0.416 e. The molecule has 7 heteroatoms. The highest BCUT2D eigenvalue weighted by molar-refractivity contribution is 5.45. The van der Waals surface area contributed by atoms with Gasteiger partial charge in [-0.1, -0.05) is 6.92 Å². The predicted octanol–water partition coefficient (Wildman–Crippen LogP) is 2.55. The number of nitrogens with zero attached hydrogens (tertiary/aromatic N) is 1. The molecule has 0 amide bonds. The molecule has 1 aromatic rings. The van der Waals surface area contributed by atoms with Gasteiger partial charge in [0.05, 0.1) is 17.1 Å². The van der Waals surface area contributed by atoms with Crippen molar-refractivity contribution in [2.24, 2.45) is 0 Å². The van der Waals surface area contributed by atoms with Gasteiger partial charge in [0.2, 0.25) is 0 Å². The molecule has 1 rings (SSSR count). The number of aliphatic hydroxyl groups excluding tert-OH is 1. The Morgan fingerprint density at radius 1 is 1.41 bits per heavy atom. The third-order valence-corrected chi connectivity index (χ3v) is 2.19. The van der Waals surface area contributed by atoms with E-state index in [-0.39, 0.29) is 11.5 Å². The van der Waals surface area contributed by atoms with Gasteiger partial charge in [-0.15, -0.1) is 0 Å². The molecule has 0 aliphatic carbocycles. The van der Waals surface area contributed by atoms with E-state index in [1.54, 1.807) is 0 Å². The van der Waals surface area contributed by atoms with Crippen LogP contribution in [0, 0.1) is 16.0 Å². The Morgan fingerprint density at radius 3 is 2.41 bits per heavy atom. The number of aliphatic hydroxyl groups is 1. The van der Waals surface area contributed by atoms with Crippen molar-refractivity contribution in [1.82, 2.24) is 0 Å². The average molecular weight is 248 g/mol. The lowest BCUT2D eigenvalue weighted by Gasteiger charge is -2.12. The van der Waals surface area contributed by atoms with Crippen molar-refractivity contribution in [3.05, 3.63) is 45.4 Å². The summed E-state index contributed by atoms with van der Waals surface area (Å²) in [5, 5.41) is 19.3. The molecule has 93 valence electrons. The quantitative estimate of drug-likeness (QED) is 0.660. The maximum atomic E-state index is 12.5. The van der Waals surface area contributed by atoms with Crippen LogP contribution in [0.4, 0.5) is 18.9 Å². The van der Waals surface area contributed by atoms with Crippen molar-refractivity contribution in [1.29, 1.82) is 0 Å². The zero-order valence-electron chi connectivity index (χ0n) is 8.78. The Balaban J connectivity index is 3.34. The number of alkyl halides is 3. The van der Waals surface area contributed by atoms with Gasteiger partial charge in [0, 0.05) is 18.1 Å². The predicted molar refractivity (Wildman–Crippen MR) is 53.2 cm³/mol. The Labute approximate surface area is 94.8 Å². The van der Waals surface area contributed by atoms with Gasteiger partial charge in [0.15, 0.2) is 0 Å². The summed E-state index contributed by atoms with van der Waals surface area (Å²) < 4.78 is 37.5. The lowest BCUT2D eigenvalue weighted by Crippen LogP contribution is -2.09. The lowest BCUT2D eigenvalue weighted by molar-refractivity contribution is -0.385. The number of nitro groups is 1. The van der Waals surface area contributed by atoms with E-state index in [1.807, 2.05) is 0 Å². The van der Waals surface area contributed by atoms with Crippen molar-refractivity contribution < 1.29 is 23.2 Å². The summed E-state index contributed by atoms with van der Waals surface area (Å²) in [6.07, 6.45) is -4.66. The van der Waals surface area contributed by atoms with Gasteiger partial charge in [-0.2, -0.15) is 13.2 Å². The molecule has 0 aliphatic heterocycles. The highest BCUT2D eigenvalue weighted by Gasteiger charge is 2.33. The molecule has 0 saturated carbocycles. The molecule has 0 heterocycles. The number of hydrogen-bond acceptors (Lipinski definition) is 3. The van der Waals surface area contributed by atoms with Crippen molar-refractivity contribution in [3.8, 4) is 0 Å². The van der Waals surface area contributed by atoms with Crippen LogP contribution in [0.5, 0.6) is 0 Å². The summed E-state index contributed by atoms with van der Waals surface area (Å²) in [5.74, 6) is 0.235. The van der Waals surface area contributed by atoms with Gasteiger partial charge >= 0.3 is 6.18 Å². The van der Waals surface area contributed by atoms with Crippen molar-refractivity contribution >= 4 is 5.69 Å². The Hall–Kier alpha value is -1.63. The van der Waals surface area contributed by atoms with E-state index in [2.05, 4.69) is 0 Å². The third-order valence-electron chi connectivity index (χ3n) is 2.19. The molecule has 0 spiro atoms. The molecule has 1 aromatic carbocycles. The Morgan fingerprint density at radius 2 is 2.00 bits per heavy atom. The number of hydrogen-bond donors (Lipinski definition) is 1. The highest BCUT2D eigenvalue weighted by atomic mass is 19.4. The first-order valence-corrected chi connectivity index (χ1v) is 4.56. The zero-order chi connectivity index (χ0) is 13.2. The van der Waals surface area contributed by atoms with Gasteiger partial charge in [-0.05, 0) is 11.6 Å². The topological polar surface area (TPSA) is 63.4 Å². The maximum absolute atomic E-state index is 12.5. The van der Waals surface area contributed by atoms with Crippen molar-refractivity contribution in [2.45, 2.75) is 13.1 Å². The SMILES string of the molecule is C[C](CO)c1cc([N+](=O)[O-])cc(C(F)(F)F)c1. The van der Waals surface area contributed by atoms with Crippen LogP contribution in [0.2, 0.25) is 0 Å². The first-order valence-electron chi connectivity index (χ1n) is 4.56. The minimum atomic E-state index is -4.66. The molecular formula is C10H9F3NO3. The van der Waals surface area contributed by atoms with Crippen LogP contribution in [0.15, 0.2) is 18.2 Å². The summed E-state index contributed by atoms with van der Waals surface area (Å²) in [5.41, 5.74) is -1.74. The van der Waals surface area contributed by atoms with E-state index in [0.717, 1.165) is 12.1 Å². The first kappa shape index (κ1) is 13.4. The van der Waals surface area contributed by atoms with E-state index in [1.165, 1.54) is 6.92 Å². The number of nitro benzene ring substituents is 1. The second-order valence-electron chi connectivity index (χ2n) is 3.46. The van der Waals surface area contributed by atoms with Crippen molar-refractivity contribution in [2.75, 3.05) is 6.61 Å². The van der Waals surface area contributed by atoms with Gasteiger partial charge < -0.3 is 5.11 Å². The lowest BCUT2D eigenvalue weighted by atomic mass is 9.99. The fourth-order valence-corrected chi connectivity index (χ4v) is 1.22.